The van der Waals surface area contributed by atoms with E-state index in [-0.39, 0.29) is 6.04 Å². The van der Waals surface area contributed by atoms with Crippen molar-refractivity contribution in [2.24, 2.45) is 0 Å². The third kappa shape index (κ3) is 4.74. The molecule has 0 aliphatic rings. The summed E-state index contributed by atoms with van der Waals surface area (Å²) in [5, 5.41) is 4.85. The zero-order valence-electron chi connectivity index (χ0n) is 12.4. The molecule has 0 fully saturated rings. The lowest BCUT2D eigenvalue weighted by molar-refractivity contribution is 0.456. The second kappa shape index (κ2) is 7.84. The Morgan fingerprint density at radius 2 is 1.67 bits per heavy atom. The van der Waals surface area contributed by atoms with Crippen molar-refractivity contribution in [2.75, 3.05) is 0 Å². The predicted octanol–water partition coefficient (Wildman–Crippen LogP) is 5.67. The molecule has 1 nitrogen and oxygen atoms in total. The Kier molecular flexibility index (Phi) is 6.10. The van der Waals surface area contributed by atoms with Crippen LogP contribution < -0.4 is 5.32 Å². The van der Waals surface area contributed by atoms with Gasteiger partial charge in [0.05, 0.1) is 10.0 Å². The number of rotatable bonds is 6. The van der Waals surface area contributed by atoms with E-state index in [1.165, 1.54) is 5.56 Å². The first-order valence-corrected chi connectivity index (χ1v) is 8.07. The second-order valence-corrected chi connectivity index (χ2v) is 6.24. The van der Waals surface area contributed by atoms with Crippen LogP contribution in [0.3, 0.4) is 0 Å². The molecule has 2 unspecified atom stereocenters. The van der Waals surface area contributed by atoms with Crippen molar-refractivity contribution in [2.45, 2.75) is 38.8 Å². The highest BCUT2D eigenvalue weighted by Gasteiger charge is 2.14. The second-order valence-electron chi connectivity index (χ2n) is 5.46. The maximum Gasteiger partial charge on any atom is 0.0639 e. The first-order chi connectivity index (χ1) is 10.1. The SMILES string of the molecule is CC(CCc1ccccc1)NC(C)c1cccc(Cl)c1Cl. The Morgan fingerprint density at radius 1 is 0.952 bits per heavy atom. The molecule has 0 heterocycles. The van der Waals surface area contributed by atoms with Crippen molar-refractivity contribution in [3.8, 4) is 0 Å². The molecular formula is C18H21Cl2N. The summed E-state index contributed by atoms with van der Waals surface area (Å²) >= 11 is 12.3. The molecule has 3 heteroatoms. The first-order valence-electron chi connectivity index (χ1n) is 7.32. The average molecular weight is 322 g/mol. The molecule has 0 saturated heterocycles. The van der Waals surface area contributed by atoms with Crippen LogP contribution in [0.5, 0.6) is 0 Å². The normalized spacial score (nSPS) is 13.9. The molecule has 2 rings (SSSR count). The Labute approximate surface area is 137 Å². The van der Waals surface area contributed by atoms with Gasteiger partial charge in [0, 0.05) is 12.1 Å². The van der Waals surface area contributed by atoms with Crippen LogP contribution in [0, 0.1) is 0 Å². The fraction of sp³-hybridized carbons (Fsp3) is 0.333. The van der Waals surface area contributed by atoms with Crippen molar-refractivity contribution >= 4 is 23.2 Å². The third-order valence-electron chi connectivity index (χ3n) is 3.69. The molecule has 0 bridgehead atoms. The van der Waals surface area contributed by atoms with Crippen LogP contribution in [0.2, 0.25) is 10.0 Å². The highest BCUT2D eigenvalue weighted by molar-refractivity contribution is 6.42. The molecule has 2 atom stereocenters. The van der Waals surface area contributed by atoms with Crippen LogP contribution in [-0.4, -0.2) is 6.04 Å². The van der Waals surface area contributed by atoms with Crippen LogP contribution in [0.15, 0.2) is 48.5 Å². The molecule has 0 aromatic heterocycles. The van der Waals surface area contributed by atoms with Gasteiger partial charge in [-0.25, -0.2) is 0 Å². The summed E-state index contributed by atoms with van der Waals surface area (Å²) in [4.78, 5) is 0. The van der Waals surface area contributed by atoms with Crippen molar-refractivity contribution in [3.05, 3.63) is 69.7 Å². The minimum Gasteiger partial charge on any atom is -0.308 e. The van der Waals surface area contributed by atoms with Gasteiger partial charge < -0.3 is 5.32 Å². The quantitative estimate of drug-likeness (QED) is 0.723. The highest BCUT2D eigenvalue weighted by atomic mass is 35.5. The van der Waals surface area contributed by atoms with Crippen molar-refractivity contribution < 1.29 is 0 Å². The zero-order valence-corrected chi connectivity index (χ0v) is 14.0. The fourth-order valence-corrected chi connectivity index (χ4v) is 2.95. The van der Waals surface area contributed by atoms with Gasteiger partial charge in [-0.15, -0.1) is 0 Å². The Balaban J connectivity index is 1.90. The van der Waals surface area contributed by atoms with Crippen LogP contribution >= 0.6 is 23.2 Å². The van der Waals surface area contributed by atoms with Gasteiger partial charge in [0.15, 0.2) is 0 Å². The Bertz CT molecular complexity index is 569. The van der Waals surface area contributed by atoms with E-state index in [0.29, 0.717) is 16.1 Å². The van der Waals surface area contributed by atoms with Gasteiger partial charge in [0.25, 0.3) is 0 Å². The minimum atomic E-state index is 0.182. The molecule has 0 aliphatic carbocycles. The standard InChI is InChI=1S/C18H21Cl2N/c1-13(11-12-15-7-4-3-5-8-15)21-14(2)16-9-6-10-17(19)18(16)20/h3-10,13-14,21H,11-12H2,1-2H3. The van der Waals surface area contributed by atoms with Gasteiger partial charge in [0.1, 0.15) is 0 Å². The van der Waals surface area contributed by atoms with Crippen LogP contribution in [0.1, 0.15) is 37.4 Å². The molecule has 1 N–H and O–H groups in total. The smallest absolute Gasteiger partial charge is 0.0639 e. The van der Waals surface area contributed by atoms with Gasteiger partial charge in [0.2, 0.25) is 0 Å². The van der Waals surface area contributed by atoms with Crippen molar-refractivity contribution in [3.63, 3.8) is 0 Å². The molecular weight excluding hydrogens is 301 g/mol. The number of nitrogens with one attached hydrogen (secondary N) is 1. The van der Waals surface area contributed by atoms with Crippen molar-refractivity contribution in [1.82, 2.24) is 5.32 Å². The van der Waals surface area contributed by atoms with Crippen LogP contribution in [0.25, 0.3) is 0 Å². The Morgan fingerprint density at radius 3 is 2.38 bits per heavy atom. The maximum absolute atomic E-state index is 6.27. The summed E-state index contributed by atoms with van der Waals surface area (Å²) in [7, 11) is 0. The van der Waals surface area contributed by atoms with Crippen molar-refractivity contribution in [1.29, 1.82) is 0 Å². The monoisotopic (exact) mass is 321 g/mol. The molecule has 112 valence electrons. The number of hydrogen-bond donors (Lipinski definition) is 1. The van der Waals surface area contributed by atoms with Gasteiger partial charge in [-0.05, 0) is 43.9 Å². The van der Waals surface area contributed by atoms with E-state index >= 15 is 0 Å². The van der Waals surface area contributed by atoms with E-state index in [4.69, 9.17) is 23.2 Å². The third-order valence-corrected chi connectivity index (χ3v) is 4.52. The summed E-state index contributed by atoms with van der Waals surface area (Å²) < 4.78 is 0. The number of hydrogen-bond acceptors (Lipinski definition) is 1. The molecule has 0 saturated carbocycles. The highest BCUT2D eigenvalue weighted by Crippen LogP contribution is 2.30. The molecule has 21 heavy (non-hydrogen) atoms. The molecule has 0 spiro atoms. The topological polar surface area (TPSA) is 12.0 Å². The van der Waals surface area contributed by atoms with E-state index in [1.54, 1.807) is 0 Å². The van der Waals surface area contributed by atoms with E-state index in [2.05, 4.69) is 43.4 Å². The minimum absolute atomic E-state index is 0.182. The lowest BCUT2D eigenvalue weighted by Gasteiger charge is -2.21. The van der Waals surface area contributed by atoms with E-state index in [9.17, 15) is 0 Å². The summed E-state index contributed by atoms with van der Waals surface area (Å²) in [6.07, 6.45) is 2.16. The maximum atomic E-state index is 6.27. The molecule has 0 aliphatic heterocycles. The summed E-state index contributed by atoms with van der Waals surface area (Å²) in [6.45, 7) is 4.33. The first kappa shape index (κ1) is 16.4. The summed E-state index contributed by atoms with van der Waals surface area (Å²) in [5.41, 5.74) is 2.43. The van der Waals surface area contributed by atoms with Crippen LogP contribution in [0.4, 0.5) is 0 Å². The molecule has 2 aromatic carbocycles. The van der Waals surface area contributed by atoms with Gasteiger partial charge in [-0.1, -0.05) is 65.7 Å². The number of halogens is 2. The molecule has 2 aromatic rings. The lowest BCUT2D eigenvalue weighted by Crippen LogP contribution is -2.29. The van der Waals surface area contributed by atoms with Gasteiger partial charge >= 0.3 is 0 Å². The molecule has 0 amide bonds. The summed E-state index contributed by atoms with van der Waals surface area (Å²) in [6, 6.07) is 16.9. The van der Waals surface area contributed by atoms with Crippen LogP contribution in [-0.2, 0) is 6.42 Å². The largest absolute Gasteiger partial charge is 0.308 e. The predicted molar refractivity (Wildman–Crippen MR) is 92.2 cm³/mol. The Hall–Kier alpha value is -1.02. The number of aryl methyl sites for hydroxylation is 1. The van der Waals surface area contributed by atoms with E-state index < -0.39 is 0 Å². The number of benzene rings is 2. The van der Waals surface area contributed by atoms with E-state index in [0.717, 1.165) is 18.4 Å². The van der Waals surface area contributed by atoms with Gasteiger partial charge in [-0.2, -0.15) is 0 Å². The summed E-state index contributed by atoms with van der Waals surface area (Å²) in [5.74, 6) is 0. The zero-order chi connectivity index (χ0) is 15.2. The average Bonchev–Trinajstić information content (AvgIpc) is 2.49. The molecule has 0 radical (unpaired) electrons. The fourth-order valence-electron chi connectivity index (χ4n) is 2.48. The van der Waals surface area contributed by atoms with E-state index in [1.807, 2.05) is 24.3 Å². The lowest BCUT2D eigenvalue weighted by atomic mass is 10.0. The van der Waals surface area contributed by atoms with Gasteiger partial charge in [-0.3, -0.25) is 0 Å².